The minimum Gasteiger partial charge on any atom is -0.478 e. The second-order valence-corrected chi connectivity index (χ2v) is 4.11. The molecule has 0 bridgehead atoms. The number of nitrogens with zero attached hydrogens (tertiary/aromatic N) is 2. The molecule has 0 atom stereocenters. The molecule has 0 unspecified atom stereocenters. The maximum absolute atomic E-state index is 10.8. The lowest BCUT2D eigenvalue weighted by Gasteiger charge is -1.97. The highest BCUT2D eigenvalue weighted by Gasteiger charge is 2.08. The van der Waals surface area contributed by atoms with E-state index in [0.29, 0.717) is 15.6 Å². The van der Waals surface area contributed by atoms with Gasteiger partial charge in [-0.3, -0.25) is 0 Å². The Hall–Kier alpha value is -1.79. The van der Waals surface area contributed by atoms with Gasteiger partial charge >= 0.3 is 5.97 Å². The number of rotatable bonds is 3. The smallest absolute Gasteiger partial charge is 0.335 e. The van der Waals surface area contributed by atoms with Crippen LogP contribution in [0.25, 0.3) is 10.6 Å². The molecule has 2 aromatic rings. The van der Waals surface area contributed by atoms with Crippen molar-refractivity contribution in [3.05, 3.63) is 34.8 Å². The molecule has 0 saturated carbocycles. The van der Waals surface area contributed by atoms with Gasteiger partial charge in [-0.2, -0.15) is 0 Å². The van der Waals surface area contributed by atoms with Crippen molar-refractivity contribution in [3.63, 3.8) is 0 Å². The van der Waals surface area contributed by atoms with E-state index in [1.165, 1.54) is 23.5 Å². The number of aromatic carboxylic acids is 1. The molecule has 0 radical (unpaired) electrons. The first kappa shape index (κ1) is 10.7. The maximum Gasteiger partial charge on any atom is 0.335 e. The largest absolute Gasteiger partial charge is 0.478 e. The highest BCUT2D eigenvalue weighted by atomic mass is 32.1. The van der Waals surface area contributed by atoms with Crippen molar-refractivity contribution in [2.75, 3.05) is 0 Å². The van der Waals surface area contributed by atoms with Gasteiger partial charge in [0.2, 0.25) is 0 Å². The summed E-state index contributed by atoms with van der Waals surface area (Å²) in [4.78, 5) is 10.8. The fourth-order valence-electron chi connectivity index (χ4n) is 1.22. The molecule has 0 aliphatic rings. The molecule has 5 nitrogen and oxygen atoms in total. The van der Waals surface area contributed by atoms with Crippen LogP contribution < -0.4 is 0 Å². The van der Waals surface area contributed by atoms with Gasteiger partial charge in [-0.25, -0.2) is 4.79 Å². The molecule has 0 aliphatic carbocycles. The molecule has 16 heavy (non-hydrogen) atoms. The van der Waals surface area contributed by atoms with Crippen LogP contribution in [0.4, 0.5) is 0 Å². The Bertz CT molecular complexity index is 524. The molecule has 2 N–H and O–H groups in total. The fraction of sp³-hybridized carbons (Fsp3) is 0.100. The van der Waals surface area contributed by atoms with E-state index in [2.05, 4.69) is 10.2 Å². The Balaban J connectivity index is 2.40. The van der Waals surface area contributed by atoms with Crippen molar-refractivity contribution in [2.24, 2.45) is 0 Å². The van der Waals surface area contributed by atoms with Gasteiger partial charge in [0.1, 0.15) is 10.0 Å². The molecule has 1 heterocycles. The van der Waals surface area contributed by atoms with Crippen molar-refractivity contribution in [1.82, 2.24) is 10.2 Å². The average Bonchev–Trinajstić information content (AvgIpc) is 2.77. The first-order chi connectivity index (χ1) is 7.70. The third-order valence-electron chi connectivity index (χ3n) is 1.96. The second kappa shape index (κ2) is 4.38. The average molecular weight is 236 g/mol. The summed E-state index contributed by atoms with van der Waals surface area (Å²) in [6.07, 6.45) is 0. The van der Waals surface area contributed by atoms with Gasteiger partial charge in [0, 0.05) is 5.56 Å². The summed E-state index contributed by atoms with van der Waals surface area (Å²) in [7, 11) is 0. The molecular formula is C10H8N2O3S. The van der Waals surface area contributed by atoms with E-state index in [4.69, 9.17) is 10.2 Å². The van der Waals surface area contributed by atoms with Gasteiger partial charge in [-0.15, -0.1) is 10.2 Å². The van der Waals surface area contributed by atoms with Crippen molar-refractivity contribution < 1.29 is 15.0 Å². The topological polar surface area (TPSA) is 83.3 Å². The van der Waals surface area contributed by atoms with E-state index in [0.717, 1.165) is 0 Å². The van der Waals surface area contributed by atoms with E-state index in [1.54, 1.807) is 12.1 Å². The fourth-order valence-corrected chi connectivity index (χ4v) is 1.92. The van der Waals surface area contributed by atoms with Crippen molar-refractivity contribution in [2.45, 2.75) is 6.61 Å². The summed E-state index contributed by atoms with van der Waals surface area (Å²) in [6.45, 7) is -0.156. The number of carbonyl (C=O) groups is 1. The zero-order valence-corrected chi connectivity index (χ0v) is 8.94. The monoisotopic (exact) mass is 236 g/mol. The molecular weight excluding hydrogens is 228 g/mol. The van der Waals surface area contributed by atoms with E-state index in [9.17, 15) is 4.79 Å². The summed E-state index contributed by atoms with van der Waals surface area (Å²) in [5.74, 6) is -0.978. The summed E-state index contributed by atoms with van der Waals surface area (Å²) in [5, 5.41) is 26.4. The Morgan fingerprint density at radius 3 is 2.81 bits per heavy atom. The summed E-state index contributed by atoms with van der Waals surface area (Å²) < 4.78 is 0. The Kier molecular flexibility index (Phi) is 2.93. The standard InChI is InChI=1S/C10H8N2O3S/c13-5-8-11-12-9(16-8)6-2-1-3-7(4-6)10(14)15/h1-4,13H,5H2,(H,14,15). The summed E-state index contributed by atoms with van der Waals surface area (Å²) in [6, 6.07) is 6.46. The zero-order valence-electron chi connectivity index (χ0n) is 8.12. The predicted octanol–water partition coefficient (Wildman–Crippen LogP) is 1.40. The first-order valence-corrected chi connectivity index (χ1v) is 5.29. The van der Waals surface area contributed by atoms with Crippen LogP contribution in [0.1, 0.15) is 15.4 Å². The normalized spacial score (nSPS) is 10.3. The number of benzene rings is 1. The van der Waals surface area contributed by atoms with Crippen molar-refractivity contribution >= 4 is 17.3 Å². The van der Waals surface area contributed by atoms with Crippen LogP contribution in [-0.4, -0.2) is 26.4 Å². The SMILES string of the molecule is O=C(O)c1cccc(-c2nnc(CO)s2)c1. The molecule has 82 valence electrons. The van der Waals surface area contributed by atoms with Gasteiger partial charge in [-0.05, 0) is 12.1 Å². The molecule has 0 spiro atoms. The Morgan fingerprint density at radius 2 is 2.19 bits per heavy atom. The molecule has 1 aromatic heterocycles. The highest BCUT2D eigenvalue weighted by Crippen LogP contribution is 2.24. The quantitative estimate of drug-likeness (QED) is 0.841. The van der Waals surface area contributed by atoms with Crippen LogP contribution in [0.5, 0.6) is 0 Å². The number of hydrogen-bond donors (Lipinski definition) is 2. The lowest BCUT2D eigenvalue weighted by molar-refractivity contribution is 0.0697. The van der Waals surface area contributed by atoms with E-state index >= 15 is 0 Å². The van der Waals surface area contributed by atoms with Crippen LogP contribution in [0, 0.1) is 0 Å². The van der Waals surface area contributed by atoms with E-state index < -0.39 is 5.97 Å². The Morgan fingerprint density at radius 1 is 1.38 bits per heavy atom. The molecule has 6 heteroatoms. The van der Waals surface area contributed by atoms with Crippen molar-refractivity contribution in [3.8, 4) is 10.6 Å². The minimum atomic E-state index is -0.978. The third kappa shape index (κ3) is 2.07. The Labute approximate surface area is 95.0 Å². The number of aliphatic hydroxyl groups is 1. The summed E-state index contributed by atoms with van der Waals surface area (Å²) in [5.41, 5.74) is 0.898. The van der Waals surface area contributed by atoms with Gasteiger partial charge in [0.15, 0.2) is 0 Å². The van der Waals surface area contributed by atoms with Crippen LogP contribution in [-0.2, 0) is 6.61 Å². The van der Waals surface area contributed by atoms with E-state index in [-0.39, 0.29) is 12.2 Å². The predicted molar refractivity (Wildman–Crippen MR) is 58.2 cm³/mol. The van der Waals surface area contributed by atoms with Crippen LogP contribution >= 0.6 is 11.3 Å². The van der Waals surface area contributed by atoms with Gasteiger partial charge < -0.3 is 10.2 Å². The molecule has 0 amide bonds. The number of aliphatic hydroxyl groups excluding tert-OH is 1. The number of carboxylic acid groups (broad SMARTS) is 1. The number of aromatic nitrogens is 2. The number of hydrogen-bond acceptors (Lipinski definition) is 5. The minimum absolute atomic E-state index is 0.156. The van der Waals surface area contributed by atoms with E-state index in [1.807, 2.05) is 0 Å². The molecule has 0 saturated heterocycles. The zero-order chi connectivity index (χ0) is 11.5. The lowest BCUT2D eigenvalue weighted by atomic mass is 10.1. The maximum atomic E-state index is 10.8. The second-order valence-electron chi connectivity index (χ2n) is 3.05. The molecule has 1 aromatic carbocycles. The van der Waals surface area contributed by atoms with Gasteiger partial charge in [0.25, 0.3) is 0 Å². The summed E-state index contributed by atoms with van der Waals surface area (Å²) >= 11 is 1.24. The van der Waals surface area contributed by atoms with Crippen molar-refractivity contribution in [1.29, 1.82) is 0 Å². The van der Waals surface area contributed by atoms with Gasteiger partial charge in [-0.1, -0.05) is 23.5 Å². The van der Waals surface area contributed by atoms with Gasteiger partial charge in [0.05, 0.1) is 12.2 Å². The van der Waals surface area contributed by atoms with Crippen LogP contribution in [0.15, 0.2) is 24.3 Å². The molecule has 2 rings (SSSR count). The highest BCUT2D eigenvalue weighted by molar-refractivity contribution is 7.14. The molecule has 0 fully saturated rings. The lowest BCUT2D eigenvalue weighted by Crippen LogP contribution is -1.95. The first-order valence-electron chi connectivity index (χ1n) is 4.47. The third-order valence-corrected chi connectivity index (χ3v) is 2.92. The van der Waals surface area contributed by atoms with Crippen LogP contribution in [0.2, 0.25) is 0 Å². The van der Waals surface area contributed by atoms with Crippen LogP contribution in [0.3, 0.4) is 0 Å². The molecule has 0 aliphatic heterocycles. The number of carboxylic acids is 1.